The van der Waals surface area contributed by atoms with Crippen LogP contribution in [0.2, 0.25) is 0 Å². The average molecular weight is 314 g/mol. The predicted octanol–water partition coefficient (Wildman–Crippen LogP) is 0.705. The van der Waals surface area contributed by atoms with Crippen molar-refractivity contribution >= 4 is 11.8 Å². The zero-order valence-electron chi connectivity index (χ0n) is 12.5. The van der Waals surface area contributed by atoms with E-state index in [1.165, 1.54) is 12.5 Å². The van der Waals surface area contributed by atoms with Crippen LogP contribution in [-0.4, -0.2) is 40.8 Å². The van der Waals surface area contributed by atoms with Crippen LogP contribution in [0.25, 0.3) is 0 Å². The second-order valence-electron chi connectivity index (χ2n) is 5.41. The van der Waals surface area contributed by atoms with Crippen LogP contribution in [0.3, 0.4) is 0 Å². The molecule has 1 aliphatic heterocycles. The van der Waals surface area contributed by atoms with E-state index in [0.29, 0.717) is 24.4 Å². The fourth-order valence-electron chi connectivity index (χ4n) is 2.82. The molecule has 2 heterocycles. The van der Waals surface area contributed by atoms with Crippen molar-refractivity contribution in [3.63, 3.8) is 0 Å². The molecule has 2 aromatic rings. The Bertz CT molecular complexity index is 672. The Kier molecular flexibility index (Phi) is 4.38. The molecule has 1 aliphatic rings. The summed E-state index contributed by atoms with van der Waals surface area (Å²) in [7, 11) is 0. The topological polar surface area (TPSA) is 101 Å². The van der Waals surface area contributed by atoms with Crippen molar-refractivity contribution in [1.82, 2.24) is 15.2 Å². The van der Waals surface area contributed by atoms with Crippen molar-refractivity contribution in [2.75, 3.05) is 13.1 Å². The molecular formula is C16H18N4O3. The maximum Gasteiger partial charge on any atom is 0.251 e. The van der Waals surface area contributed by atoms with Crippen LogP contribution in [-0.2, 0) is 4.79 Å². The van der Waals surface area contributed by atoms with Gasteiger partial charge in [-0.2, -0.15) is 0 Å². The first kappa shape index (κ1) is 15.2. The van der Waals surface area contributed by atoms with Crippen LogP contribution in [0.5, 0.6) is 0 Å². The number of aromatic nitrogens is 1. The highest BCUT2D eigenvalue weighted by Crippen LogP contribution is 2.31. The molecule has 1 aromatic heterocycles. The van der Waals surface area contributed by atoms with E-state index < -0.39 is 0 Å². The van der Waals surface area contributed by atoms with Gasteiger partial charge in [0, 0.05) is 18.2 Å². The molecule has 0 spiro atoms. The lowest BCUT2D eigenvalue weighted by molar-refractivity contribution is -0.131. The Balaban J connectivity index is 1.72. The van der Waals surface area contributed by atoms with Crippen LogP contribution in [0, 0.1) is 0 Å². The summed E-state index contributed by atoms with van der Waals surface area (Å²) in [6, 6.07) is 8.49. The van der Waals surface area contributed by atoms with E-state index in [0.717, 1.165) is 0 Å². The van der Waals surface area contributed by atoms with Crippen LogP contribution in [0.1, 0.15) is 28.7 Å². The molecule has 7 heteroatoms. The number of nitrogens with two attached hydrogens (primary N) is 1. The lowest BCUT2D eigenvalue weighted by Gasteiger charge is -2.21. The molecular weight excluding hydrogens is 296 g/mol. The first-order valence-corrected chi connectivity index (χ1v) is 7.44. The number of hydrogen-bond donors (Lipinski definition) is 2. The quantitative estimate of drug-likeness (QED) is 0.865. The zero-order valence-corrected chi connectivity index (χ0v) is 12.5. The van der Waals surface area contributed by atoms with Crippen LogP contribution in [0.4, 0.5) is 0 Å². The summed E-state index contributed by atoms with van der Waals surface area (Å²) in [4.78, 5) is 30.0. The van der Waals surface area contributed by atoms with Crippen molar-refractivity contribution in [2.45, 2.75) is 18.5 Å². The van der Waals surface area contributed by atoms with Gasteiger partial charge in [0.25, 0.3) is 5.91 Å². The van der Waals surface area contributed by atoms with Crippen LogP contribution >= 0.6 is 0 Å². The first-order valence-electron chi connectivity index (χ1n) is 7.44. The van der Waals surface area contributed by atoms with Gasteiger partial charge in [0.05, 0.1) is 12.7 Å². The number of benzene rings is 1. The minimum absolute atomic E-state index is 0.0867. The molecule has 2 amide bonds. The molecule has 1 aromatic carbocycles. The fraction of sp³-hybridized carbons (Fsp3) is 0.312. The highest BCUT2D eigenvalue weighted by atomic mass is 16.3. The third-order valence-corrected chi connectivity index (χ3v) is 3.90. The SMILES string of the molecule is NCC(=O)N1CC(NC(=O)c2ccccc2)CC1c1ncco1. The molecule has 3 N–H and O–H groups in total. The number of nitrogens with zero attached hydrogens (tertiary/aromatic N) is 2. The number of rotatable bonds is 4. The lowest BCUT2D eigenvalue weighted by atomic mass is 10.1. The largest absolute Gasteiger partial charge is 0.447 e. The molecule has 23 heavy (non-hydrogen) atoms. The van der Waals surface area contributed by atoms with Gasteiger partial charge in [0.15, 0.2) is 0 Å². The Morgan fingerprint density at radius 3 is 2.78 bits per heavy atom. The second-order valence-corrected chi connectivity index (χ2v) is 5.41. The minimum Gasteiger partial charge on any atom is -0.447 e. The summed E-state index contributed by atoms with van der Waals surface area (Å²) < 4.78 is 5.32. The Hall–Kier alpha value is -2.67. The van der Waals surface area contributed by atoms with E-state index >= 15 is 0 Å². The van der Waals surface area contributed by atoms with E-state index in [1.807, 2.05) is 18.2 Å². The summed E-state index contributed by atoms with van der Waals surface area (Å²) in [5.74, 6) is 0.108. The minimum atomic E-state index is -0.304. The van der Waals surface area contributed by atoms with Gasteiger partial charge in [-0.1, -0.05) is 18.2 Å². The number of likely N-dealkylation sites (tertiary alicyclic amines) is 1. The van der Waals surface area contributed by atoms with Crippen molar-refractivity contribution in [3.8, 4) is 0 Å². The van der Waals surface area contributed by atoms with Gasteiger partial charge in [-0.05, 0) is 18.6 Å². The molecule has 1 saturated heterocycles. The van der Waals surface area contributed by atoms with Crippen LogP contribution < -0.4 is 11.1 Å². The molecule has 0 aliphatic carbocycles. The van der Waals surface area contributed by atoms with Crippen molar-refractivity contribution in [3.05, 3.63) is 54.2 Å². The molecule has 0 saturated carbocycles. The molecule has 1 fully saturated rings. The van der Waals surface area contributed by atoms with Gasteiger partial charge in [0.2, 0.25) is 11.8 Å². The number of carbonyl (C=O) groups excluding carboxylic acids is 2. The molecule has 2 atom stereocenters. The molecule has 2 unspecified atom stereocenters. The normalized spacial score (nSPS) is 20.5. The summed E-state index contributed by atoms with van der Waals surface area (Å²) in [5, 5.41) is 2.95. The third-order valence-electron chi connectivity index (χ3n) is 3.90. The van der Waals surface area contributed by atoms with Gasteiger partial charge in [0.1, 0.15) is 12.3 Å². The predicted molar refractivity (Wildman–Crippen MR) is 82.3 cm³/mol. The number of oxazole rings is 1. The number of amides is 2. The summed E-state index contributed by atoms with van der Waals surface area (Å²) >= 11 is 0. The molecule has 0 bridgehead atoms. The number of nitrogens with one attached hydrogen (secondary N) is 1. The van der Waals surface area contributed by atoms with Gasteiger partial charge >= 0.3 is 0 Å². The first-order chi connectivity index (χ1) is 11.2. The Morgan fingerprint density at radius 2 is 2.13 bits per heavy atom. The maximum atomic E-state index is 12.3. The summed E-state index contributed by atoms with van der Waals surface area (Å²) in [5.41, 5.74) is 6.06. The van der Waals surface area contributed by atoms with E-state index in [1.54, 1.807) is 17.0 Å². The van der Waals surface area contributed by atoms with Crippen molar-refractivity contribution in [2.24, 2.45) is 5.73 Å². The average Bonchev–Trinajstić information content (AvgIpc) is 3.24. The third kappa shape index (κ3) is 3.24. The highest BCUT2D eigenvalue weighted by molar-refractivity contribution is 5.94. The smallest absolute Gasteiger partial charge is 0.251 e. The van der Waals surface area contributed by atoms with E-state index in [-0.39, 0.29) is 30.4 Å². The number of carbonyl (C=O) groups is 2. The monoisotopic (exact) mass is 314 g/mol. The summed E-state index contributed by atoms with van der Waals surface area (Å²) in [6.07, 6.45) is 3.55. The number of hydrogen-bond acceptors (Lipinski definition) is 5. The Labute approximate surface area is 133 Å². The van der Waals surface area contributed by atoms with Crippen molar-refractivity contribution in [1.29, 1.82) is 0 Å². The fourth-order valence-corrected chi connectivity index (χ4v) is 2.82. The summed E-state index contributed by atoms with van der Waals surface area (Å²) in [6.45, 7) is 0.304. The lowest BCUT2D eigenvalue weighted by Crippen LogP contribution is -2.40. The maximum absolute atomic E-state index is 12.3. The molecule has 3 rings (SSSR count). The van der Waals surface area contributed by atoms with Gasteiger partial charge < -0.3 is 20.4 Å². The zero-order chi connectivity index (χ0) is 16.2. The van der Waals surface area contributed by atoms with Crippen LogP contribution in [0.15, 0.2) is 47.2 Å². The molecule has 120 valence electrons. The van der Waals surface area contributed by atoms with Crippen molar-refractivity contribution < 1.29 is 14.0 Å². The second kappa shape index (κ2) is 6.62. The van der Waals surface area contributed by atoms with E-state index in [2.05, 4.69) is 10.3 Å². The van der Waals surface area contributed by atoms with E-state index in [4.69, 9.17) is 10.2 Å². The van der Waals surface area contributed by atoms with Gasteiger partial charge in [-0.15, -0.1) is 0 Å². The van der Waals surface area contributed by atoms with E-state index in [9.17, 15) is 9.59 Å². The highest BCUT2D eigenvalue weighted by Gasteiger charge is 2.38. The van der Waals surface area contributed by atoms with Gasteiger partial charge in [-0.3, -0.25) is 9.59 Å². The standard InChI is InChI=1S/C16H18N4O3/c17-9-14(21)20-10-12(8-13(20)16-18-6-7-23-16)19-15(22)11-4-2-1-3-5-11/h1-7,12-13H,8-10,17H2,(H,19,22). The molecule has 7 nitrogen and oxygen atoms in total. The van der Waals surface area contributed by atoms with Gasteiger partial charge in [-0.25, -0.2) is 4.98 Å². The molecule has 0 radical (unpaired) electrons. The Morgan fingerprint density at radius 1 is 1.35 bits per heavy atom.